The van der Waals surface area contributed by atoms with Crippen LogP contribution in [0.25, 0.3) is 0 Å². The van der Waals surface area contributed by atoms with Gasteiger partial charge in [-0.2, -0.15) is 0 Å². The van der Waals surface area contributed by atoms with Crippen molar-refractivity contribution in [1.29, 1.82) is 0 Å². The molecule has 0 radical (unpaired) electrons. The van der Waals surface area contributed by atoms with Gasteiger partial charge in [0, 0.05) is 6.61 Å². The quantitative estimate of drug-likeness (QED) is 0.651. The number of ether oxygens (including phenoxy) is 1. The van der Waals surface area contributed by atoms with Crippen molar-refractivity contribution in [2.24, 2.45) is 0 Å². The maximum absolute atomic E-state index is 9.54. The second-order valence-corrected chi connectivity index (χ2v) is 4.73. The number of phenols is 2. The first-order valence-corrected chi connectivity index (χ1v) is 6.13. The summed E-state index contributed by atoms with van der Waals surface area (Å²) in [4.78, 5) is 0. The van der Waals surface area contributed by atoms with Gasteiger partial charge in [0.15, 0.2) is 11.5 Å². The molecule has 2 N–H and O–H groups in total. The zero-order chi connectivity index (χ0) is 11.4. The molecule has 84 valence electrons. The molecule has 0 saturated carbocycles. The molecular formula is C10H12Br2O3. The molecule has 0 bridgehead atoms. The fourth-order valence-electron chi connectivity index (χ4n) is 1.09. The van der Waals surface area contributed by atoms with Gasteiger partial charge in [-0.25, -0.2) is 0 Å². The van der Waals surface area contributed by atoms with Crippen LogP contribution in [0.2, 0.25) is 0 Å². The molecule has 0 atom stereocenters. The molecule has 0 aliphatic rings. The van der Waals surface area contributed by atoms with Crippen molar-refractivity contribution < 1.29 is 14.9 Å². The number of hydrogen-bond donors (Lipinski definition) is 2. The van der Waals surface area contributed by atoms with E-state index in [0.717, 1.165) is 12.0 Å². The lowest BCUT2D eigenvalue weighted by atomic mass is 10.2. The van der Waals surface area contributed by atoms with Gasteiger partial charge in [-0.3, -0.25) is 0 Å². The molecule has 0 amide bonds. The molecule has 0 aliphatic heterocycles. The average molecular weight is 340 g/mol. The van der Waals surface area contributed by atoms with E-state index in [9.17, 15) is 10.2 Å². The minimum absolute atomic E-state index is 0.166. The fourth-order valence-corrected chi connectivity index (χ4v) is 1.97. The third-order valence-corrected chi connectivity index (χ3v) is 3.34. The van der Waals surface area contributed by atoms with Crippen molar-refractivity contribution in [1.82, 2.24) is 0 Å². The van der Waals surface area contributed by atoms with Crippen molar-refractivity contribution in [3.05, 3.63) is 20.6 Å². The third kappa shape index (κ3) is 3.09. The zero-order valence-corrected chi connectivity index (χ0v) is 11.4. The minimum atomic E-state index is -0.167. The van der Waals surface area contributed by atoms with Crippen LogP contribution in [0.3, 0.4) is 0 Å². The lowest BCUT2D eigenvalue weighted by Gasteiger charge is -2.09. The van der Waals surface area contributed by atoms with Crippen LogP contribution in [0.15, 0.2) is 15.0 Å². The van der Waals surface area contributed by atoms with Crippen molar-refractivity contribution in [3.8, 4) is 11.5 Å². The van der Waals surface area contributed by atoms with Crippen molar-refractivity contribution in [3.63, 3.8) is 0 Å². The Morgan fingerprint density at radius 3 is 2.53 bits per heavy atom. The van der Waals surface area contributed by atoms with Crippen molar-refractivity contribution in [2.75, 3.05) is 6.61 Å². The van der Waals surface area contributed by atoms with E-state index in [4.69, 9.17) is 4.74 Å². The third-order valence-electron chi connectivity index (χ3n) is 1.85. The lowest BCUT2D eigenvalue weighted by molar-refractivity contribution is 0.121. The molecule has 1 aromatic carbocycles. The van der Waals surface area contributed by atoms with Crippen molar-refractivity contribution in [2.45, 2.75) is 20.0 Å². The van der Waals surface area contributed by atoms with Gasteiger partial charge in [0.2, 0.25) is 0 Å². The molecule has 5 heteroatoms. The topological polar surface area (TPSA) is 49.7 Å². The number of rotatable bonds is 4. The Labute approximate surface area is 105 Å². The maximum atomic E-state index is 9.54. The van der Waals surface area contributed by atoms with Gasteiger partial charge < -0.3 is 14.9 Å². The molecule has 0 aromatic heterocycles. The summed E-state index contributed by atoms with van der Waals surface area (Å²) in [6.07, 6.45) is 0.947. The van der Waals surface area contributed by atoms with Crippen LogP contribution in [-0.4, -0.2) is 16.8 Å². The Morgan fingerprint density at radius 1 is 1.27 bits per heavy atom. The van der Waals surface area contributed by atoms with Gasteiger partial charge in [-0.15, -0.1) is 0 Å². The summed E-state index contributed by atoms with van der Waals surface area (Å²) in [6.45, 7) is 3.10. The molecule has 0 aliphatic carbocycles. The molecule has 0 unspecified atom stereocenters. The Hall–Kier alpha value is -0.260. The molecule has 0 fully saturated rings. The predicted molar refractivity (Wildman–Crippen MR) is 65.1 cm³/mol. The van der Waals surface area contributed by atoms with Gasteiger partial charge in [-0.1, -0.05) is 6.92 Å². The van der Waals surface area contributed by atoms with Gasteiger partial charge in [0.25, 0.3) is 0 Å². The van der Waals surface area contributed by atoms with Gasteiger partial charge in [0.05, 0.1) is 15.6 Å². The van der Waals surface area contributed by atoms with E-state index in [1.54, 1.807) is 6.07 Å². The second kappa shape index (κ2) is 5.72. The second-order valence-electron chi connectivity index (χ2n) is 3.08. The molecule has 0 saturated heterocycles. The van der Waals surface area contributed by atoms with Crippen LogP contribution >= 0.6 is 31.9 Å². The monoisotopic (exact) mass is 338 g/mol. The first kappa shape index (κ1) is 12.8. The SMILES string of the molecule is CCCOCc1cc(Br)c(O)c(O)c1Br. The first-order valence-electron chi connectivity index (χ1n) is 4.54. The van der Waals surface area contributed by atoms with Gasteiger partial charge in [-0.05, 0) is 49.9 Å². The number of halogens is 2. The van der Waals surface area contributed by atoms with E-state index >= 15 is 0 Å². The highest BCUT2D eigenvalue weighted by Crippen LogP contribution is 2.41. The van der Waals surface area contributed by atoms with E-state index in [0.29, 0.717) is 22.2 Å². The molecular weight excluding hydrogens is 328 g/mol. The molecule has 1 aromatic rings. The highest BCUT2D eigenvalue weighted by molar-refractivity contribution is 9.11. The van der Waals surface area contributed by atoms with Gasteiger partial charge >= 0.3 is 0 Å². The van der Waals surface area contributed by atoms with Crippen LogP contribution in [-0.2, 0) is 11.3 Å². The summed E-state index contributed by atoms with van der Waals surface area (Å²) < 4.78 is 6.28. The number of benzene rings is 1. The molecule has 0 heterocycles. The summed E-state index contributed by atoms with van der Waals surface area (Å²) in [6, 6.07) is 1.72. The summed E-state index contributed by atoms with van der Waals surface area (Å²) >= 11 is 6.36. The summed E-state index contributed by atoms with van der Waals surface area (Å²) in [5, 5.41) is 19.0. The van der Waals surface area contributed by atoms with Crippen molar-refractivity contribution >= 4 is 31.9 Å². The van der Waals surface area contributed by atoms with Crippen LogP contribution in [0.1, 0.15) is 18.9 Å². The summed E-state index contributed by atoms with van der Waals surface area (Å²) in [5.41, 5.74) is 0.797. The number of hydrogen-bond acceptors (Lipinski definition) is 3. The van der Waals surface area contributed by atoms with E-state index in [1.165, 1.54) is 0 Å². The lowest BCUT2D eigenvalue weighted by Crippen LogP contribution is -1.95. The zero-order valence-electron chi connectivity index (χ0n) is 8.26. The fraction of sp³-hybridized carbons (Fsp3) is 0.400. The normalized spacial score (nSPS) is 10.6. The Bertz CT molecular complexity index is 353. The van der Waals surface area contributed by atoms with E-state index in [1.807, 2.05) is 6.92 Å². The van der Waals surface area contributed by atoms with E-state index in [-0.39, 0.29) is 11.5 Å². The molecule has 1 rings (SSSR count). The molecule has 3 nitrogen and oxygen atoms in total. The first-order chi connectivity index (χ1) is 7.07. The average Bonchev–Trinajstić information content (AvgIpc) is 2.23. The Balaban J connectivity index is 2.89. The Kier molecular flexibility index (Phi) is 4.89. The highest BCUT2D eigenvalue weighted by Gasteiger charge is 2.13. The van der Waals surface area contributed by atoms with Crippen LogP contribution in [0, 0.1) is 0 Å². The predicted octanol–water partition coefficient (Wildman–Crippen LogP) is 3.55. The van der Waals surface area contributed by atoms with Crippen LogP contribution in [0.5, 0.6) is 11.5 Å². The molecule has 15 heavy (non-hydrogen) atoms. The van der Waals surface area contributed by atoms with Crippen LogP contribution < -0.4 is 0 Å². The summed E-state index contributed by atoms with van der Waals surface area (Å²) in [7, 11) is 0. The highest BCUT2D eigenvalue weighted by atomic mass is 79.9. The van der Waals surface area contributed by atoms with E-state index < -0.39 is 0 Å². The number of aromatic hydroxyl groups is 2. The smallest absolute Gasteiger partial charge is 0.173 e. The summed E-state index contributed by atoms with van der Waals surface area (Å²) in [5.74, 6) is -0.333. The van der Waals surface area contributed by atoms with E-state index in [2.05, 4.69) is 31.9 Å². The van der Waals surface area contributed by atoms with Gasteiger partial charge in [0.1, 0.15) is 0 Å². The number of phenolic OH excluding ortho intramolecular Hbond substituents is 2. The largest absolute Gasteiger partial charge is 0.503 e. The Morgan fingerprint density at radius 2 is 1.93 bits per heavy atom. The minimum Gasteiger partial charge on any atom is -0.503 e. The standard InChI is InChI=1S/C10H12Br2O3/c1-2-3-15-5-6-4-7(11)9(13)10(14)8(6)12/h4,13-14H,2-3,5H2,1H3. The van der Waals surface area contributed by atoms with Crippen LogP contribution in [0.4, 0.5) is 0 Å². The molecule has 0 spiro atoms. The maximum Gasteiger partial charge on any atom is 0.173 e.